The van der Waals surface area contributed by atoms with Crippen LogP contribution in [0.15, 0.2) is 30.5 Å². The Balaban J connectivity index is 1.29. The summed E-state index contributed by atoms with van der Waals surface area (Å²) in [4.78, 5) is 22.4. The van der Waals surface area contributed by atoms with Gasteiger partial charge in [-0.3, -0.25) is 4.79 Å². The van der Waals surface area contributed by atoms with Crippen molar-refractivity contribution in [1.29, 1.82) is 0 Å². The minimum absolute atomic E-state index is 0.181. The number of nitrogens with one attached hydrogen (secondary N) is 1. The molecule has 5 nitrogen and oxygen atoms in total. The fraction of sp³-hybridized carbons (Fsp3) is 0.524. The largest absolute Gasteiger partial charge is 0.348 e. The van der Waals surface area contributed by atoms with Crippen LogP contribution in [0.2, 0.25) is 0 Å². The van der Waals surface area contributed by atoms with E-state index in [1.165, 1.54) is 49.8 Å². The maximum Gasteiger partial charge on any atom is 0.263 e. The van der Waals surface area contributed by atoms with E-state index < -0.39 is 0 Å². The zero-order valence-electron chi connectivity index (χ0n) is 16.1. The van der Waals surface area contributed by atoms with Gasteiger partial charge in [0.05, 0.1) is 6.20 Å². The van der Waals surface area contributed by atoms with Crippen molar-refractivity contribution in [2.45, 2.75) is 44.7 Å². The van der Waals surface area contributed by atoms with Gasteiger partial charge < -0.3 is 15.1 Å². The number of amides is 1. The van der Waals surface area contributed by atoms with Gasteiger partial charge in [-0.15, -0.1) is 0 Å². The molecule has 1 amide bonds. The topological polar surface area (TPSA) is 48.5 Å². The van der Waals surface area contributed by atoms with Gasteiger partial charge in [-0.2, -0.15) is 0 Å². The summed E-state index contributed by atoms with van der Waals surface area (Å²) in [5.41, 5.74) is 0.486. The molecule has 7 heteroatoms. The first-order chi connectivity index (χ1) is 13.7. The van der Waals surface area contributed by atoms with Crippen molar-refractivity contribution >= 4 is 22.4 Å². The molecule has 0 unspecified atom stereocenters. The van der Waals surface area contributed by atoms with Crippen molar-refractivity contribution in [3.63, 3.8) is 0 Å². The van der Waals surface area contributed by atoms with Crippen molar-refractivity contribution in [3.8, 4) is 0 Å². The maximum atomic E-state index is 13.7. The molecule has 2 aromatic rings. The summed E-state index contributed by atoms with van der Waals surface area (Å²) >= 11 is 1.42. The van der Waals surface area contributed by atoms with E-state index >= 15 is 0 Å². The molecule has 0 atom stereocenters. The normalized spacial score (nSPS) is 19.0. The molecule has 150 valence electrons. The average Bonchev–Trinajstić information content (AvgIpc) is 3.24. The van der Waals surface area contributed by atoms with Crippen LogP contribution in [0.25, 0.3) is 0 Å². The summed E-state index contributed by atoms with van der Waals surface area (Å²) in [6, 6.07) is 7.19. The summed E-state index contributed by atoms with van der Waals surface area (Å²) in [6.45, 7) is 4.65. The number of carbonyl (C=O) groups is 1. The smallest absolute Gasteiger partial charge is 0.263 e. The second kappa shape index (κ2) is 9.01. The fourth-order valence-corrected chi connectivity index (χ4v) is 5.01. The molecule has 2 aliphatic heterocycles. The predicted octanol–water partition coefficient (Wildman–Crippen LogP) is 3.67. The second-order valence-corrected chi connectivity index (χ2v) is 8.61. The number of rotatable bonds is 5. The van der Waals surface area contributed by atoms with E-state index in [1.54, 1.807) is 24.4 Å². The number of carbonyl (C=O) groups excluding carboxylic acids is 1. The van der Waals surface area contributed by atoms with Gasteiger partial charge >= 0.3 is 0 Å². The molecule has 0 aliphatic carbocycles. The summed E-state index contributed by atoms with van der Waals surface area (Å²) in [5, 5.41) is 3.70. The Morgan fingerprint density at radius 2 is 1.89 bits per heavy atom. The molecule has 1 aromatic heterocycles. The molecule has 4 rings (SSSR count). The molecule has 0 spiro atoms. The Labute approximate surface area is 169 Å². The molecule has 2 aliphatic rings. The lowest BCUT2D eigenvalue weighted by Crippen LogP contribution is -2.46. The van der Waals surface area contributed by atoms with Crippen LogP contribution in [0.5, 0.6) is 0 Å². The van der Waals surface area contributed by atoms with Crippen molar-refractivity contribution in [3.05, 3.63) is 46.7 Å². The van der Waals surface area contributed by atoms with E-state index in [2.05, 4.69) is 20.1 Å². The highest BCUT2D eigenvalue weighted by Gasteiger charge is 2.27. The summed E-state index contributed by atoms with van der Waals surface area (Å²) in [6.07, 6.45) is 7.99. The van der Waals surface area contributed by atoms with Crippen LogP contribution < -0.4 is 10.2 Å². The zero-order chi connectivity index (χ0) is 19.3. The molecule has 28 heavy (non-hydrogen) atoms. The number of nitrogens with zero attached hydrogens (tertiary/aromatic N) is 3. The number of hydrogen-bond acceptors (Lipinski definition) is 5. The Kier molecular flexibility index (Phi) is 6.22. The summed E-state index contributed by atoms with van der Waals surface area (Å²) in [5.74, 6) is -0.500. The van der Waals surface area contributed by atoms with E-state index in [-0.39, 0.29) is 18.3 Å². The van der Waals surface area contributed by atoms with Crippen LogP contribution in [0.3, 0.4) is 0 Å². The highest BCUT2D eigenvalue weighted by Crippen LogP contribution is 2.28. The Bertz CT molecular complexity index is 797. The van der Waals surface area contributed by atoms with Crippen LogP contribution in [0.4, 0.5) is 9.52 Å². The number of piperidine rings is 2. The number of anilines is 1. The number of aromatic nitrogens is 1. The highest BCUT2D eigenvalue weighted by atomic mass is 32.1. The van der Waals surface area contributed by atoms with E-state index in [4.69, 9.17) is 0 Å². The molecular weight excluding hydrogens is 375 g/mol. The number of hydrogen-bond donors (Lipinski definition) is 1. The summed E-state index contributed by atoms with van der Waals surface area (Å²) < 4.78 is 13.7. The minimum Gasteiger partial charge on any atom is -0.348 e. The van der Waals surface area contributed by atoms with Gasteiger partial charge in [0.1, 0.15) is 10.7 Å². The SMILES string of the molecule is O=C(NCc1ccccc1F)c1cnc(N2CCC(N3CCCCC3)CC2)s1. The first kappa shape index (κ1) is 19.3. The van der Waals surface area contributed by atoms with Crippen molar-refractivity contribution in [1.82, 2.24) is 15.2 Å². The van der Waals surface area contributed by atoms with Crippen molar-refractivity contribution in [2.24, 2.45) is 0 Å². The van der Waals surface area contributed by atoms with E-state index in [0.717, 1.165) is 31.1 Å². The number of halogens is 1. The third kappa shape index (κ3) is 4.52. The third-order valence-corrected chi connectivity index (χ3v) is 6.81. The van der Waals surface area contributed by atoms with Crippen LogP contribution in [-0.2, 0) is 6.54 Å². The van der Waals surface area contributed by atoms with Gasteiger partial charge in [0.15, 0.2) is 5.13 Å². The van der Waals surface area contributed by atoms with Crippen LogP contribution in [-0.4, -0.2) is 48.0 Å². The number of benzene rings is 1. The van der Waals surface area contributed by atoms with Gasteiger partial charge in [0.25, 0.3) is 5.91 Å². The van der Waals surface area contributed by atoms with E-state index in [1.807, 2.05) is 0 Å². The summed E-state index contributed by atoms with van der Waals surface area (Å²) in [7, 11) is 0. The average molecular weight is 403 g/mol. The predicted molar refractivity (Wildman–Crippen MR) is 110 cm³/mol. The van der Waals surface area contributed by atoms with Gasteiger partial charge in [-0.25, -0.2) is 9.37 Å². The molecule has 2 fully saturated rings. The van der Waals surface area contributed by atoms with Gasteiger partial charge in [-0.1, -0.05) is 36.0 Å². The van der Waals surface area contributed by atoms with Crippen LogP contribution in [0, 0.1) is 5.82 Å². The molecule has 1 N–H and O–H groups in total. The molecule has 0 bridgehead atoms. The lowest BCUT2D eigenvalue weighted by atomic mass is 10.0. The number of thiazole rings is 1. The molecule has 0 saturated carbocycles. The highest BCUT2D eigenvalue weighted by molar-refractivity contribution is 7.17. The second-order valence-electron chi connectivity index (χ2n) is 7.60. The standard InChI is InChI=1S/C21H27FN4OS/c22-18-7-3-2-6-16(18)14-23-20(27)19-15-24-21(28-19)26-12-8-17(9-13-26)25-10-4-1-5-11-25/h2-3,6-7,15,17H,1,4-5,8-14H2,(H,23,27). The maximum absolute atomic E-state index is 13.7. The Morgan fingerprint density at radius 3 is 2.64 bits per heavy atom. The quantitative estimate of drug-likeness (QED) is 0.829. The van der Waals surface area contributed by atoms with Gasteiger partial charge in [0.2, 0.25) is 0 Å². The van der Waals surface area contributed by atoms with Gasteiger partial charge in [-0.05, 0) is 44.8 Å². The van der Waals surface area contributed by atoms with Crippen molar-refractivity contribution in [2.75, 3.05) is 31.1 Å². The monoisotopic (exact) mass is 402 g/mol. The molecule has 3 heterocycles. The fourth-order valence-electron chi connectivity index (χ4n) is 4.13. The molecular formula is C21H27FN4OS. The van der Waals surface area contributed by atoms with Crippen molar-refractivity contribution < 1.29 is 9.18 Å². The minimum atomic E-state index is -0.302. The number of likely N-dealkylation sites (tertiary alicyclic amines) is 1. The van der Waals surface area contributed by atoms with Gasteiger partial charge in [0, 0.05) is 31.2 Å². The lowest BCUT2D eigenvalue weighted by Gasteiger charge is -2.40. The Morgan fingerprint density at radius 1 is 1.14 bits per heavy atom. The molecule has 1 aromatic carbocycles. The zero-order valence-corrected chi connectivity index (χ0v) is 16.9. The Hall–Kier alpha value is -1.99. The van der Waals surface area contributed by atoms with Crippen LogP contribution in [0.1, 0.15) is 47.3 Å². The lowest BCUT2D eigenvalue weighted by molar-refractivity contribution is 0.0954. The first-order valence-corrected chi connectivity index (χ1v) is 11.0. The first-order valence-electron chi connectivity index (χ1n) is 10.2. The molecule has 2 saturated heterocycles. The van der Waals surface area contributed by atoms with E-state index in [9.17, 15) is 9.18 Å². The molecule has 0 radical (unpaired) electrons. The third-order valence-electron chi connectivity index (χ3n) is 5.76. The van der Waals surface area contributed by atoms with Crippen LogP contribution >= 0.6 is 11.3 Å². The van der Waals surface area contributed by atoms with E-state index in [0.29, 0.717) is 16.5 Å².